The molecule has 22 heavy (non-hydrogen) atoms. The molecular weight excluding hydrogens is 293 g/mol. The highest BCUT2D eigenvalue weighted by molar-refractivity contribution is 5.82. The van der Waals surface area contributed by atoms with E-state index >= 15 is 0 Å². The first-order chi connectivity index (χ1) is 10.5. The number of nitrogens with zero attached hydrogens (tertiary/aromatic N) is 1. The number of carboxylic acid groups (broad SMARTS) is 1. The average molecular weight is 311 g/mol. The molecule has 2 rings (SSSR count). The summed E-state index contributed by atoms with van der Waals surface area (Å²) in [6, 6.07) is 4.86. The molecule has 1 heterocycles. The lowest BCUT2D eigenvalue weighted by Gasteiger charge is -2.36. The molecule has 120 valence electrons. The van der Waals surface area contributed by atoms with E-state index in [1.165, 1.54) is 29.2 Å². The van der Waals surface area contributed by atoms with Gasteiger partial charge < -0.3 is 19.5 Å². The minimum absolute atomic E-state index is 0.172. The number of benzene rings is 1. The number of carbonyl (C=O) groups excluding carboxylic acids is 1. The molecule has 1 N–H and O–H groups in total. The Hall–Kier alpha value is -2.15. The number of carboxylic acids is 1. The number of halogens is 1. The third kappa shape index (κ3) is 4.17. The molecule has 1 aliphatic rings. The van der Waals surface area contributed by atoms with Gasteiger partial charge in [-0.1, -0.05) is 0 Å². The lowest BCUT2D eigenvalue weighted by Crippen LogP contribution is -2.53. The quantitative estimate of drug-likeness (QED) is 0.887. The molecule has 1 fully saturated rings. The summed E-state index contributed by atoms with van der Waals surface area (Å²) in [5, 5.41) is 8.90. The second-order valence-corrected chi connectivity index (χ2v) is 5.07. The van der Waals surface area contributed by atoms with Crippen molar-refractivity contribution >= 4 is 11.9 Å². The van der Waals surface area contributed by atoms with E-state index in [-0.39, 0.29) is 24.8 Å². The predicted octanol–water partition coefficient (Wildman–Crippen LogP) is 1.30. The zero-order valence-corrected chi connectivity index (χ0v) is 12.2. The standard InChI is InChI=1S/C15H18FNO5/c1-10(22-13-4-2-11(16)3-5-13)15(20)17-6-7-21-9-12(17)8-14(18)19/h2-5,10,12H,6-9H2,1H3,(H,18,19). The molecule has 0 bridgehead atoms. The zero-order chi connectivity index (χ0) is 16.1. The third-order valence-corrected chi connectivity index (χ3v) is 3.40. The van der Waals surface area contributed by atoms with Gasteiger partial charge in [-0.3, -0.25) is 9.59 Å². The first-order valence-corrected chi connectivity index (χ1v) is 6.99. The Bertz CT molecular complexity index is 533. The van der Waals surface area contributed by atoms with E-state index in [1.54, 1.807) is 6.92 Å². The van der Waals surface area contributed by atoms with Crippen LogP contribution in [0, 0.1) is 5.82 Å². The Morgan fingerprint density at radius 3 is 2.77 bits per heavy atom. The van der Waals surface area contributed by atoms with Crippen LogP contribution in [-0.4, -0.2) is 53.8 Å². The number of ether oxygens (including phenoxy) is 2. The van der Waals surface area contributed by atoms with Gasteiger partial charge in [0.25, 0.3) is 5.91 Å². The molecule has 1 aromatic carbocycles. The van der Waals surface area contributed by atoms with Crippen LogP contribution in [0.1, 0.15) is 13.3 Å². The lowest BCUT2D eigenvalue weighted by atomic mass is 10.1. The normalized spacial score (nSPS) is 19.5. The van der Waals surface area contributed by atoms with E-state index < -0.39 is 18.1 Å². The molecule has 7 heteroatoms. The molecule has 1 aliphatic heterocycles. The Labute approximate surface area is 127 Å². The summed E-state index contributed by atoms with van der Waals surface area (Å²) in [6.45, 7) is 2.47. The zero-order valence-electron chi connectivity index (χ0n) is 12.2. The van der Waals surface area contributed by atoms with Crippen LogP contribution >= 0.6 is 0 Å². The van der Waals surface area contributed by atoms with Gasteiger partial charge in [0.2, 0.25) is 0 Å². The van der Waals surface area contributed by atoms with Gasteiger partial charge in [0.05, 0.1) is 25.7 Å². The van der Waals surface area contributed by atoms with Crippen LogP contribution in [0.15, 0.2) is 24.3 Å². The smallest absolute Gasteiger partial charge is 0.305 e. The lowest BCUT2D eigenvalue weighted by molar-refractivity contribution is -0.150. The fraction of sp³-hybridized carbons (Fsp3) is 0.467. The van der Waals surface area contributed by atoms with Crippen molar-refractivity contribution in [2.45, 2.75) is 25.5 Å². The highest BCUT2D eigenvalue weighted by atomic mass is 19.1. The molecule has 2 unspecified atom stereocenters. The van der Waals surface area contributed by atoms with Gasteiger partial charge in [-0.2, -0.15) is 0 Å². The first kappa shape index (κ1) is 16.2. The molecule has 0 saturated carbocycles. The molecule has 0 radical (unpaired) electrons. The maximum Gasteiger partial charge on any atom is 0.305 e. The SMILES string of the molecule is CC(Oc1ccc(F)cc1)C(=O)N1CCOCC1CC(=O)O. The second-order valence-electron chi connectivity index (χ2n) is 5.07. The van der Waals surface area contributed by atoms with Crippen molar-refractivity contribution in [1.82, 2.24) is 4.90 Å². The van der Waals surface area contributed by atoms with E-state index in [0.717, 1.165) is 0 Å². The fourth-order valence-corrected chi connectivity index (χ4v) is 2.32. The minimum Gasteiger partial charge on any atom is -0.481 e. The number of hydrogen-bond donors (Lipinski definition) is 1. The predicted molar refractivity (Wildman–Crippen MR) is 75.1 cm³/mol. The van der Waals surface area contributed by atoms with Crippen molar-refractivity contribution < 1.29 is 28.6 Å². The minimum atomic E-state index is -0.986. The van der Waals surface area contributed by atoms with Crippen molar-refractivity contribution in [3.05, 3.63) is 30.1 Å². The topological polar surface area (TPSA) is 76.1 Å². The van der Waals surface area contributed by atoms with E-state index in [0.29, 0.717) is 18.9 Å². The van der Waals surface area contributed by atoms with Crippen molar-refractivity contribution in [2.75, 3.05) is 19.8 Å². The van der Waals surface area contributed by atoms with Gasteiger partial charge >= 0.3 is 5.97 Å². The van der Waals surface area contributed by atoms with Gasteiger partial charge in [-0.15, -0.1) is 0 Å². The Kier molecular flexibility index (Phi) is 5.32. The Balaban J connectivity index is 2.01. The van der Waals surface area contributed by atoms with Crippen LogP contribution in [0.4, 0.5) is 4.39 Å². The molecular formula is C15H18FNO5. The van der Waals surface area contributed by atoms with Gasteiger partial charge in [-0.25, -0.2) is 4.39 Å². The molecule has 1 amide bonds. The fourth-order valence-electron chi connectivity index (χ4n) is 2.32. The second kappa shape index (κ2) is 7.22. The maximum absolute atomic E-state index is 12.8. The van der Waals surface area contributed by atoms with Crippen molar-refractivity contribution in [2.24, 2.45) is 0 Å². The van der Waals surface area contributed by atoms with E-state index in [4.69, 9.17) is 14.6 Å². The van der Waals surface area contributed by atoms with Gasteiger partial charge in [0.1, 0.15) is 11.6 Å². The molecule has 0 aliphatic carbocycles. The highest BCUT2D eigenvalue weighted by Crippen LogP contribution is 2.17. The van der Waals surface area contributed by atoms with Crippen molar-refractivity contribution in [1.29, 1.82) is 0 Å². The van der Waals surface area contributed by atoms with Crippen LogP contribution in [0.5, 0.6) is 5.75 Å². The Morgan fingerprint density at radius 2 is 2.14 bits per heavy atom. The number of morpholine rings is 1. The van der Waals surface area contributed by atoms with Crippen LogP contribution in [-0.2, 0) is 14.3 Å². The van der Waals surface area contributed by atoms with E-state index in [9.17, 15) is 14.0 Å². The molecule has 1 aromatic rings. The summed E-state index contributed by atoms with van der Waals surface area (Å²) >= 11 is 0. The summed E-state index contributed by atoms with van der Waals surface area (Å²) < 4.78 is 23.6. The van der Waals surface area contributed by atoms with Crippen LogP contribution in [0.25, 0.3) is 0 Å². The molecule has 0 aromatic heterocycles. The van der Waals surface area contributed by atoms with E-state index in [2.05, 4.69) is 0 Å². The van der Waals surface area contributed by atoms with Gasteiger partial charge in [-0.05, 0) is 31.2 Å². The largest absolute Gasteiger partial charge is 0.481 e. The van der Waals surface area contributed by atoms with Crippen LogP contribution in [0.2, 0.25) is 0 Å². The molecule has 2 atom stereocenters. The summed E-state index contributed by atoms with van der Waals surface area (Å²) in [4.78, 5) is 24.8. The van der Waals surface area contributed by atoms with Crippen molar-refractivity contribution in [3.8, 4) is 5.75 Å². The number of carbonyl (C=O) groups is 2. The monoisotopic (exact) mass is 311 g/mol. The molecule has 0 spiro atoms. The first-order valence-electron chi connectivity index (χ1n) is 6.99. The number of hydrogen-bond acceptors (Lipinski definition) is 4. The number of aliphatic carboxylic acids is 1. The molecule has 1 saturated heterocycles. The molecule has 6 nitrogen and oxygen atoms in total. The maximum atomic E-state index is 12.8. The summed E-state index contributed by atoms with van der Waals surface area (Å²) in [6.07, 6.45) is -0.963. The average Bonchev–Trinajstić information content (AvgIpc) is 2.49. The number of rotatable bonds is 5. The third-order valence-electron chi connectivity index (χ3n) is 3.40. The van der Waals surface area contributed by atoms with Crippen LogP contribution in [0.3, 0.4) is 0 Å². The summed E-state index contributed by atoms with van der Waals surface area (Å²) in [5.74, 6) is -1.30. The summed E-state index contributed by atoms with van der Waals surface area (Å²) in [5.41, 5.74) is 0. The van der Waals surface area contributed by atoms with Crippen LogP contribution < -0.4 is 4.74 Å². The van der Waals surface area contributed by atoms with Crippen molar-refractivity contribution in [3.63, 3.8) is 0 Å². The van der Waals surface area contributed by atoms with Gasteiger partial charge in [0, 0.05) is 6.54 Å². The van der Waals surface area contributed by atoms with E-state index in [1.807, 2.05) is 0 Å². The number of amides is 1. The highest BCUT2D eigenvalue weighted by Gasteiger charge is 2.32. The Morgan fingerprint density at radius 1 is 1.45 bits per heavy atom. The summed E-state index contributed by atoms with van der Waals surface area (Å²) in [7, 11) is 0. The van der Waals surface area contributed by atoms with Gasteiger partial charge in [0.15, 0.2) is 6.10 Å².